The molecule has 0 spiro atoms. The van der Waals surface area contributed by atoms with Gasteiger partial charge in [-0.2, -0.15) is 0 Å². The second kappa shape index (κ2) is 12.8. The molecule has 1 atom stereocenters. The van der Waals surface area contributed by atoms with Gasteiger partial charge in [-0.25, -0.2) is 19.2 Å². The molecule has 0 bridgehead atoms. The summed E-state index contributed by atoms with van der Waals surface area (Å²) in [6.07, 6.45) is 2.54. The first kappa shape index (κ1) is 27.9. The topological polar surface area (TPSA) is 233 Å². The van der Waals surface area contributed by atoms with Crippen LogP contribution in [0.2, 0.25) is 0 Å². The van der Waals surface area contributed by atoms with Crippen LogP contribution in [0.1, 0.15) is 33.6 Å². The monoisotopic (exact) mass is 490 g/mol. The number of amides is 4. The lowest BCUT2D eigenvalue weighted by atomic mass is 10.0. The van der Waals surface area contributed by atoms with Gasteiger partial charge in [0.2, 0.25) is 11.8 Å². The van der Waals surface area contributed by atoms with E-state index in [0.29, 0.717) is 35.4 Å². The Morgan fingerprint density at radius 3 is 1.43 bits per heavy atom. The van der Waals surface area contributed by atoms with Crippen LogP contribution in [0.15, 0.2) is 48.6 Å². The average molecular weight is 490 g/mol. The van der Waals surface area contributed by atoms with E-state index in [1.807, 2.05) is 0 Å². The third kappa shape index (κ3) is 8.72. The average Bonchev–Trinajstić information content (AvgIpc) is 3.02. The van der Waals surface area contributed by atoms with E-state index in [1.165, 1.54) is 0 Å². The SMILES string of the molecule is O=C(O)/C=C\C(=O)O.O=C(O)/C=C\C(=O)O.O=C1CCC(N2C(=O)c3ccccc3C2=O)C(=O)N1. The number of aliphatic carboxylic acids is 4. The van der Waals surface area contributed by atoms with Crippen LogP contribution < -0.4 is 5.32 Å². The van der Waals surface area contributed by atoms with Gasteiger partial charge in [0.1, 0.15) is 6.04 Å². The molecule has 2 aliphatic heterocycles. The van der Waals surface area contributed by atoms with Gasteiger partial charge in [0.25, 0.3) is 11.8 Å². The molecule has 0 radical (unpaired) electrons. The third-order valence-electron chi connectivity index (χ3n) is 4.08. The molecule has 0 aliphatic carbocycles. The molecule has 3 rings (SSSR count). The highest BCUT2D eigenvalue weighted by Crippen LogP contribution is 2.26. The lowest BCUT2D eigenvalue weighted by Gasteiger charge is -2.27. The highest BCUT2D eigenvalue weighted by atomic mass is 16.4. The van der Waals surface area contributed by atoms with Crippen molar-refractivity contribution in [3.63, 3.8) is 0 Å². The summed E-state index contributed by atoms with van der Waals surface area (Å²) in [6.45, 7) is 0. The fraction of sp³-hybridized carbons (Fsp3) is 0.143. The van der Waals surface area contributed by atoms with Crippen LogP contribution >= 0.6 is 0 Å². The van der Waals surface area contributed by atoms with Crippen molar-refractivity contribution in [3.8, 4) is 0 Å². The van der Waals surface area contributed by atoms with Gasteiger partial charge in [-0.15, -0.1) is 0 Å². The Morgan fingerprint density at radius 1 is 0.743 bits per heavy atom. The van der Waals surface area contributed by atoms with E-state index >= 15 is 0 Å². The number of fused-ring (bicyclic) bond motifs is 1. The van der Waals surface area contributed by atoms with E-state index < -0.39 is 47.6 Å². The minimum absolute atomic E-state index is 0.129. The van der Waals surface area contributed by atoms with E-state index in [9.17, 15) is 38.4 Å². The fourth-order valence-electron chi connectivity index (χ4n) is 2.70. The number of carbonyl (C=O) groups excluding carboxylic acids is 4. The second-order valence-corrected chi connectivity index (χ2v) is 6.51. The molecule has 1 aromatic rings. The molecule has 1 saturated heterocycles. The molecule has 2 aliphatic rings. The number of imide groups is 2. The Labute approximate surface area is 195 Å². The number of hydrogen-bond acceptors (Lipinski definition) is 8. The van der Waals surface area contributed by atoms with Crippen LogP contribution in [0.4, 0.5) is 0 Å². The standard InChI is InChI=1S/C13H10N2O4.2C4H4O4/c16-10-6-5-9(11(17)14-10)15-12(18)7-3-1-2-4-8(7)13(15)19;2*5-3(6)1-2-4(7)8/h1-4,9H,5-6H2,(H,14,16,17);2*1-2H,(H,5,6)(H,7,8)/b;2*2-1-. The maximum absolute atomic E-state index is 12.2. The van der Waals surface area contributed by atoms with Gasteiger partial charge in [0.15, 0.2) is 0 Å². The summed E-state index contributed by atoms with van der Waals surface area (Å²) in [5.41, 5.74) is 0.606. The number of nitrogens with one attached hydrogen (secondary N) is 1. The number of carboxylic acids is 4. The number of nitrogens with zero attached hydrogens (tertiary/aromatic N) is 1. The minimum Gasteiger partial charge on any atom is -0.478 e. The number of carboxylic acid groups (broad SMARTS) is 4. The predicted octanol–water partition coefficient (Wildman–Crippen LogP) is -0.489. The van der Waals surface area contributed by atoms with Crippen LogP contribution in [-0.4, -0.2) is 78.9 Å². The fourth-order valence-corrected chi connectivity index (χ4v) is 2.70. The number of carbonyl (C=O) groups is 8. The first-order chi connectivity index (χ1) is 16.3. The van der Waals surface area contributed by atoms with Gasteiger partial charge in [0.05, 0.1) is 11.1 Å². The first-order valence-corrected chi connectivity index (χ1v) is 9.43. The van der Waals surface area contributed by atoms with E-state index in [1.54, 1.807) is 24.3 Å². The van der Waals surface area contributed by atoms with Crippen molar-refractivity contribution < 1.29 is 58.8 Å². The molecule has 1 aromatic carbocycles. The van der Waals surface area contributed by atoms with Gasteiger partial charge >= 0.3 is 23.9 Å². The lowest BCUT2D eigenvalue weighted by molar-refractivity contribution is -0.136. The molecule has 4 amide bonds. The number of piperidine rings is 1. The van der Waals surface area contributed by atoms with Gasteiger partial charge < -0.3 is 20.4 Å². The van der Waals surface area contributed by atoms with Gasteiger partial charge in [-0.1, -0.05) is 12.1 Å². The lowest BCUT2D eigenvalue weighted by Crippen LogP contribution is -2.54. The summed E-state index contributed by atoms with van der Waals surface area (Å²) in [4.78, 5) is 86.4. The minimum atomic E-state index is -1.26. The Morgan fingerprint density at radius 2 is 1.11 bits per heavy atom. The van der Waals surface area contributed by atoms with Crippen LogP contribution in [0.25, 0.3) is 0 Å². The van der Waals surface area contributed by atoms with Crippen LogP contribution in [0.5, 0.6) is 0 Å². The zero-order chi connectivity index (χ0) is 26.7. The molecule has 1 fully saturated rings. The molecular weight excluding hydrogens is 472 g/mol. The quantitative estimate of drug-likeness (QED) is 0.260. The Kier molecular flexibility index (Phi) is 10.2. The Hall–Kier alpha value is -5.14. The van der Waals surface area contributed by atoms with Crippen molar-refractivity contribution in [1.82, 2.24) is 10.2 Å². The van der Waals surface area contributed by atoms with Crippen molar-refractivity contribution in [2.24, 2.45) is 0 Å². The summed E-state index contributed by atoms with van der Waals surface area (Å²) in [6, 6.07) is 5.55. The van der Waals surface area contributed by atoms with Gasteiger partial charge in [-0.05, 0) is 18.6 Å². The maximum Gasteiger partial charge on any atom is 0.328 e. The van der Waals surface area contributed by atoms with Gasteiger partial charge in [0, 0.05) is 30.7 Å². The van der Waals surface area contributed by atoms with Crippen LogP contribution in [0, 0.1) is 0 Å². The molecule has 1 unspecified atom stereocenters. The van der Waals surface area contributed by atoms with E-state index in [-0.39, 0.29) is 18.7 Å². The normalized spacial score (nSPS) is 16.6. The number of benzene rings is 1. The van der Waals surface area contributed by atoms with Crippen molar-refractivity contribution in [2.75, 3.05) is 0 Å². The molecule has 184 valence electrons. The van der Waals surface area contributed by atoms with E-state index in [4.69, 9.17) is 20.4 Å². The first-order valence-electron chi connectivity index (χ1n) is 9.43. The Balaban J connectivity index is 0.000000320. The molecule has 0 saturated carbocycles. The molecule has 14 heteroatoms. The molecular formula is C21H18N2O12. The summed E-state index contributed by atoms with van der Waals surface area (Å²) in [5, 5.41) is 33.4. The zero-order valence-corrected chi connectivity index (χ0v) is 17.6. The zero-order valence-electron chi connectivity index (χ0n) is 17.6. The Bertz CT molecular complexity index is 1030. The second-order valence-electron chi connectivity index (χ2n) is 6.51. The highest BCUT2D eigenvalue weighted by Gasteiger charge is 2.44. The summed E-state index contributed by atoms with van der Waals surface area (Å²) in [5.74, 6) is -6.95. The summed E-state index contributed by atoms with van der Waals surface area (Å²) >= 11 is 0. The molecule has 0 aromatic heterocycles. The van der Waals surface area contributed by atoms with E-state index in [2.05, 4.69) is 5.32 Å². The van der Waals surface area contributed by atoms with Crippen molar-refractivity contribution >= 4 is 47.5 Å². The summed E-state index contributed by atoms with van der Waals surface area (Å²) < 4.78 is 0. The van der Waals surface area contributed by atoms with Gasteiger partial charge in [-0.3, -0.25) is 29.4 Å². The van der Waals surface area contributed by atoms with E-state index in [0.717, 1.165) is 4.90 Å². The maximum atomic E-state index is 12.2. The van der Waals surface area contributed by atoms with Crippen LogP contribution in [0.3, 0.4) is 0 Å². The predicted molar refractivity (Wildman–Crippen MR) is 112 cm³/mol. The molecule has 35 heavy (non-hydrogen) atoms. The van der Waals surface area contributed by atoms with Crippen molar-refractivity contribution in [2.45, 2.75) is 18.9 Å². The van der Waals surface area contributed by atoms with Crippen molar-refractivity contribution in [3.05, 3.63) is 59.7 Å². The van der Waals surface area contributed by atoms with Crippen molar-refractivity contribution in [1.29, 1.82) is 0 Å². The number of rotatable bonds is 5. The smallest absolute Gasteiger partial charge is 0.328 e. The third-order valence-corrected chi connectivity index (χ3v) is 4.08. The summed E-state index contributed by atoms with van der Waals surface area (Å²) in [7, 11) is 0. The van der Waals surface area contributed by atoms with Crippen LogP contribution in [-0.2, 0) is 28.8 Å². The molecule has 5 N–H and O–H groups in total. The molecule has 2 heterocycles. The largest absolute Gasteiger partial charge is 0.478 e. The molecule has 14 nitrogen and oxygen atoms in total. The number of hydrogen-bond donors (Lipinski definition) is 5. The highest BCUT2D eigenvalue weighted by molar-refractivity contribution is 6.23.